The van der Waals surface area contributed by atoms with Crippen molar-refractivity contribution in [3.05, 3.63) is 59.7 Å². The number of hydrogen-bond donors (Lipinski definition) is 3. The molecule has 25 heavy (non-hydrogen) atoms. The zero-order valence-corrected chi connectivity index (χ0v) is 15.3. The van der Waals surface area contributed by atoms with E-state index in [0.717, 1.165) is 28.2 Å². The molecule has 0 aliphatic rings. The van der Waals surface area contributed by atoms with Gasteiger partial charge in [-0.15, -0.1) is 0 Å². The van der Waals surface area contributed by atoms with Crippen LogP contribution in [0.4, 0.5) is 5.82 Å². The van der Waals surface area contributed by atoms with Crippen molar-refractivity contribution in [3.8, 4) is 11.3 Å². The quantitative estimate of drug-likeness (QED) is 0.531. The number of aliphatic hydroxyl groups excluding tert-OH is 1. The van der Waals surface area contributed by atoms with Gasteiger partial charge < -0.3 is 15.8 Å². The molecule has 5 heteroatoms. The van der Waals surface area contributed by atoms with Crippen molar-refractivity contribution in [2.24, 2.45) is 0 Å². The van der Waals surface area contributed by atoms with Crippen molar-refractivity contribution in [2.45, 2.75) is 33.4 Å². The fraction of sp³-hybridized carbons (Fsp3) is 0.300. The van der Waals surface area contributed by atoms with E-state index in [1.165, 1.54) is 5.56 Å². The Morgan fingerprint density at radius 2 is 2.00 bits per heavy atom. The Morgan fingerprint density at radius 3 is 2.52 bits per heavy atom. The molecule has 1 aromatic heterocycles. The highest BCUT2D eigenvalue weighted by Crippen LogP contribution is 2.30. The fourth-order valence-electron chi connectivity index (χ4n) is 2.72. The van der Waals surface area contributed by atoms with Crippen LogP contribution in [0, 0.1) is 12.3 Å². The van der Waals surface area contributed by atoms with Gasteiger partial charge in [-0.05, 0) is 26.3 Å². The molecule has 1 aromatic carbocycles. The topological polar surface area (TPSA) is 73.9 Å². The third kappa shape index (κ3) is 4.06. The van der Waals surface area contributed by atoms with E-state index in [2.05, 4.69) is 17.0 Å². The zero-order chi connectivity index (χ0) is 18.6. The fourth-order valence-corrected chi connectivity index (χ4v) is 2.72. The highest BCUT2D eigenvalue weighted by Gasteiger charge is 2.21. The SMILES string of the molecule is C=C/C=C(\C)C(O)Cn1nc(-c2ccc(C)cc2)c(C(C)=N)c1NC. The number of hydrogen-bond acceptors (Lipinski definition) is 4. The molecule has 0 radical (unpaired) electrons. The largest absolute Gasteiger partial charge is 0.387 e. The zero-order valence-electron chi connectivity index (χ0n) is 15.3. The summed E-state index contributed by atoms with van der Waals surface area (Å²) in [6, 6.07) is 8.07. The molecule has 1 unspecified atom stereocenters. The van der Waals surface area contributed by atoms with Crippen LogP contribution in [0.15, 0.2) is 48.6 Å². The lowest BCUT2D eigenvalue weighted by Crippen LogP contribution is -2.19. The Hall–Kier alpha value is -2.66. The van der Waals surface area contributed by atoms with E-state index >= 15 is 0 Å². The first-order valence-electron chi connectivity index (χ1n) is 8.27. The van der Waals surface area contributed by atoms with Crippen molar-refractivity contribution >= 4 is 11.5 Å². The van der Waals surface area contributed by atoms with Crippen LogP contribution in [-0.4, -0.2) is 33.8 Å². The molecule has 0 saturated heterocycles. The third-order valence-corrected chi connectivity index (χ3v) is 4.14. The van der Waals surface area contributed by atoms with Gasteiger partial charge in [0.2, 0.25) is 0 Å². The van der Waals surface area contributed by atoms with Crippen molar-refractivity contribution in [3.63, 3.8) is 0 Å². The molecule has 2 aromatic rings. The first kappa shape index (κ1) is 18.7. The molecular weight excluding hydrogens is 312 g/mol. The number of nitrogens with one attached hydrogen (secondary N) is 2. The second-order valence-corrected chi connectivity index (χ2v) is 6.16. The number of allylic oxidation sites excluding steroid dienone is 2. The summed E-state index contributed by atoms with van der Waals surface area (Å²) in [6.45, 7) is 9.61. The van der Waals surface area contributed by atoms with E-state index in [1.807, 2.05) is 38.1 Å². The maximum atomic E-state index is 10.4. The molecular formula is C20H26N4O. The number of anilines is 1. The average Bonchev–Trinajstić information content (AvgIpc) is 2.94. The van der Waals surface area contributed by atoms with Crippen LogP contribution in [0.1, 0.15) is 25.0 Å². The summed E-state index contributed by atoms with van der Waals surface area (Å²) in [6.07, 6.45) is 2.78. The van der Waals surface area contributed by atoms with E-state index in [4.69, 9.17) is 5.41 Å². The number of aromatic nitrogens is 2. The summed E-state index contributed by atoms with van der Waals surface area (Å²) in [5.41, 5.74) is 4.87. The van der Waals surface area contributed by atoms with Crippen LogP contribution in [-0.2, 0) is 6.54 Å². The first-order valence-corrected chi connectivity index (χ1v) is 8.27. The van der Waals surface area contributed by atoms with Gasteiger partial charge in [-0.2, -0.15) is 5.10 Å². The van der Waals surface area contributed by atoms with Gasteiger partial charge in [-0.3, -0.25) is 0 Å². The molecule has 0 aliphatic carbocycles. The Labute approximate surface area is 149 Å². The Kier molecular flexibility index (Phi) is 5.93. The molecule has 5 nitrogen and oxygen atoms in total. The Morgan fingerprint density at radius 1 is 1.36 bits per heavy atom. The molecule has 0 spiro atoms. The number of benzene rings is 1. The Balaban J connectivity index is 2.53. The monoisotopic (exact) mass is 338 g/mol. The number of aliphatic hydroxyl groups is 1. The van der Waals surface area contributed by atoms with Gasteiger partial charge in [0.05, 0.1) is 18.2 Å². The lowest BCUT2D eigenvalue weighted by Gasteiger charge is -2.14. The smallest absolute Gasteiger partial charge is 0.133 e. The van der Waals surface area contributed by atoms with E-state index in [0.29, 0.717) is 12.3 Å². The molecule has 1 atom stereocenters. The molecule has 132 valence electrons. The summed E-state index contributed by atoms with van der Waals surface area (Å²) < 4.78 is 1.73. The molecule has 0 fully saturated rings. The number of aryl methyl sites for hydroxylation is 1. The number of rotatable bonds is 7. The standard InChI is InChI=1S/C20H26N4O/c1-6-7-14(3)17(25)12-24-20(22-5)18(15(4)21)19(23-24)16-10-8-13(2)9-11-16/h6-11,17,21-22,25H,1,12H2,2-5H3/b14-7+,21-15?. The minimum Gasteiger partial charge on any atom is -0.387 e. The normalized spacial score (nSPS) is 12.8. The van der Waals surface area contributed by atoms with Crippen molar-refractivity contribution < 1.29 is 5.11 Å². The predicted octanol–water partition coefficient (Wildman–Crippen LogP) is 3.78. The molecule has 0 aliphatic heterocycles. The van der Waals surface area contributed by atoms with Crippen molar-refractivity contribution in [1.29, 1.82) is 5.41 Å². The number of nitrogens with zero attached hydrogens (tertiary/aromatic N) is 2. The van der Waals surface area contributed by atoms with Gasteiger partial charge in [0.25, 0.3) is 0 Å². The van der Waals surface area contributed by atoms with Crippen LogP contribution >= 0.6 is 0 Å². The van der Waals surface area contributed by atoms with Gasteiger partial charge >= 0.3 is 0 Å². The van der Waals surface area contributed by atoms with E-state index in [-0.39, 0.29) is 0 Å². The molecule has 0 bridgehead atoms. The maximum Gasteiger partial charge on any atom is 0.133 e. The predicted molar refractivity (Wildman–Crippen MR) is 104 cm³/mol. The lowest BCUT2D eigenvalue weighted by molar-refractivity contribution is 0.185. The van der Waals surface area contributed by atoms with Crippen LogP contribution in [0.5, 0.6) is 0 Å². The molecule has 0 amide bonds. The van der Waals surface area contributed by atoms with E-state index < -0.39 is 6.10 Å². The van der Waals surface area contributed by atoms with Crippen molar-refractivity contribution in [2.75, 3.05) is 12.4 Å². The second kappa shape index (κ2) is 7.94. The molecule has 1 heterocycles. The minimum absolute atomic E-state index is 0.304. The summed E-state index contributed by atoms with van der Waals surface area (Å²) in [5, 5.41) is 26.4. The highest BCUT2D eigenvalue weighted by atomic mass is 16.3. The molecule has 0 saturated carbocycles. The lowest BCUT2D eigenvalue weighted by atomic mass is 10.0. The van der Waals surface area contributed by atoms with Gasteiger partial charge in [0, 0.05) is 18.3 Å². The van der Waals surface area contributed by atoms with Gasteiger partial charge in [0.1, 0.15) is 11.5 Å². The molecule has 3 N–H and O–H groups in total. The minimum atomic E-state index is -0.672. The maximum absolute atomic E-state index is 10.4. The van der Waals surface area contributed by atoms with Crippen LogP contribution in [0.2, 0.25) is 0 Å². The summed E-state index contributed by atoms with van der Waals surface area (Å²) >= 11 is 0. The summed E-state index contributed by atoms with van der Waals surface area (Å²) in [5.74, 6) is 0.730. The summed E-state index contributed by atoms with van der Waals surface area (Å²) in [4.78, 5) is 0. The van der Waals surface area contributed by atoms with E-state index in [1.54, 1.807) is 30.8 Å². The van der Waals surface area contributed by atoms with Crippen LogP contribution < -0.4 is 5.32 Å². The second-order valence-electron chi connectivity index (χ2n) is 6.16. The van der Waals surface area contributed by atoms with E-state index in [9.17, 15) is 5.11 Å². The first-order chi connectivity index (χ1) is 11.9. The Bertz CT molecular complexity index is 800. The van der Waals surface area contributed by atoms with Gasteiger partial charge in [0.15, 0.2) is 0 Å². The van der Waals surface area contributed by atoms with Gasteiger partial charge in [-0.1, -0.05) is 48.6 Å². The van der Waals surface area contributed by atoms with Crippen molar-refractivity contribution in [1.82, 2.24) is 9.78 Å². The van der Waals surface area contributed by atoms with Crippen LogP contribution in [0.25, 0.3) is 11.3 Å². The average molecular weight is 338 g/mol. The summed E-state index contributed by atoms with van der Waals surface area (Å²) in [7, 11) is 1.80. The highest BCUT2D eigenvalue weighted by molar-refractivity contribution is 6.06. The van der Waals surface area contributed by atoms with Gasteiger partial charge in [-0.25, -0.2) is 4.68 Å². The third-order valence-electron chi connectivity index (χ3n) is 4.14. The van der Waals surface area contributed by atoms with Crippen LogP contribution in [0.3, 0.4) is 0 Å². The molecule has 2 rings (SSSR count).